The number of anilines is 1. The Kier molecular flexibility index (Phi) is 2.13. The Morgan fingerprint density at radius 1 is 1.57 bits per heavy atom. The van der Waals surface area contributed by atoms with Crippen molar-refractivity contribution in [1.29, 1.82) is 0 Å². The van der Waals surface area contributed by atoms with Crippen LogP contribution in [0.3, 0.4) is 0 Å². The van der Waals surface area contributed by atoms with Crippen LogP contribution in [0.2, 0.25) is 0 Å². The van der Waals surface area contributed by atoms with Gasteiger partial charge in [-0.05, 0) is 12.1 Å². The van der Waals surface area contributed by atoms with Crippen LogP contribution in [0.1, 0.15) is 11.5 Å². The van der Waals surface area contributed by atoms with Gasteiger partial charge in [0.25, 0.3) is 0 Å². The van der Waals surface area contributed by atoms with Crippen LogP contribution in [-0.4, -0.2) is 19.6 Å². The first kappa shape index (κ1) is 9.02. The van der Waals surface area contributed by atoms with Crippen molar-refractivity contribution in [2.24, 2.45) is 5.73 Å². The number of nitrogens with one attached hydrogen (secondary N) is 1. The number of amides is 1. The molecule has 3 N–H and O–H groups in total. The predicted molar refractivity (Wildman–Crippen MR) is 53.4 cm³/mol. The van der Waals surface area contributed by atoms with E-state index < -0.39 is 0 Å². The van der Waals surface area contributed by atoms with Crippen molar-refractivity contribution in [1.82, 2.24) is 0 Å². The first-order valence-corrected chi connectivity index (χ1v) is 4.45. The van der Waals surface area contributed by atoms with Crippen LogP contribution in [-0.2, 0) is 4.79 Å². The van der Waals surface area contributed by atoms with E-state index in [9.17, 15) is 4.79 Å². The standard InChI is InChI=1S/C10H12N2O2/c1-14-8-4-2-3-7-9(8)6(5-11)10(13)12-7/h2-4,6H,5,11H2,1H3,(H,12,13). The molecule has 1 unspecified atom stereocenters. The normalized spacial score (nSPS) is 19.0. The Morgan fingerprint density at radius 3 is 3.00 bits per heavy atom. The van der Waals surface area contributed by atoms with Gasteiger partial charge >= 0.3 is 0 Å². The fraction of sp³-hybridized carbons (Fsp3) is 0.300. The molecule has 2 rings (SSSR count). The van der Waals surface area contributed by atoms with Gasteiger partial charge in [-0.2, -0.15) is 0 Å². The molecule has 0 bridgehead atoms. The Hall–Kier alpha value is -1.55. The van der Waals surface area contributed by atoms with Gasteiger partial charge in [0.15, 0.2) is 0 Å². The number of carbonyl (C=O) groups excluding carboxylic acids is 1. The molecule has 4 nitrogen and oxygen atoms in total. The molecule has 1 aliphatic rings. The minimum atomic E-state index is -0.277. The van der Waals surface area contributed by atoms with Gasteiger partial charge in [-0.15, -0.1) is 0 Å². The first-order valence-electron chi connectivity index (χ1n) is 4.45. The van der Waals surface area contributed by atoms with E-state index >= 15 is 0 Å². The number of benzene rings is 1. The summed E-state index contributed by atoms with van der Waals surface area (Å²) in [5, 5.41) is 2.77. The Bertz CT molecular complexity index is 376. The molecule has 0 fully saturated rings. The highest BCUT2D eigenvalue weighted by Gasteiger charge is 2.31. The number of ether oxygens (including phenoxy) is 1. The molecule has 1 aliphatic heterocycles. The average molecular weight is 192 g/mol. The number of carbonyl (C=O) groups is 1. The van der Waals surface area contributed by atoms with Crippen molar-refractivity contribution < 1.29 is 9.53 Å². The van der Waals surface area contributed by atoms with E-state index in [0.717, 1.165) is 17.0 Å². The monoisotopic (exact) mass is 192 g/mol. The third-order valence-corrected chi connectivity index (χ3v) is 2.44. The first-order chi connectivity index (χ1) is 6.77. The molecular weight excluding hydrogens is 180 g/mol. The van der Waals surface area contributed by atoms with Gasteiger partial charge in [0.05, 0.1) is 13.0 Å². The molecule has 74 valence electrons. The molecule has 0 spiro atoms. The third kappa shape index (κ3) is 1.15. The van der Waals surface area contributed by atoms with Crippen LogP contribution < -0.4 is 15.8 Å². The highest BCUT2D eigenvalue weighted by molar-refractivity contribution is 6.04. The lowest BCUT2D eigenvalue weighted by Crippen LogP contribution is -2.20. The van der Waals surface area contributed by atoms with Crippen LogP contribution in [0.15, 0.2) is 18.2 Å². The summed E-state index contributed by atoms with van der Waals surface area (Å²) < 4.78 is 5.19. The van der Waals surface area contributed by atoms with Gasteiger partial charge in [0.2, 0.25) is 5.91 Å². The second-order valence-corrected chi connectivity index (χ2v) is 3.20. The second-order valence-electron chi connectivity index (χ2n) is 3.20. The maximum Gasteiger partial charge on any atom is 0.233 e. The molecule has 0 aromatic heterocycles. The van der Waals surface area contributed by atoms with E-state index in [4.69, 9.17) is 10.5 Å². The summed E-state index contributed by atoms with van der Waals surface area (Å²) >= 11 is 0. The number of methoxy groups -OCH3 is 1. The summed E-state index contributed by atoms with van der Waals surface area (Å²) in [4.78, 5) is 11.5. The zero-order chi connectivity index (χ0) is 10.1. The van der Waals surface area contributed by atoms with Crippen LogP contribution >= 0.6 is 0 Å². The van der Waals surface area contributed by atoms with Crippen molar-refractivity contribution in [3.8, 4) is 5.75 Å². The van der Waals surface area contributed by atoms with E-state index in [1.54, 1.807) is 7.11 Å². The quantitative estimate of drug-likeness (QED) is 0.724. The van der Waals surface area contributed by atoms with E-state index in [1.165, 1.54) is 0 Å². The van der Waals surface area contributed by atoms with Crippen molar-refractivity contribution in [2.45, 2.75) is 5.92 Å². The Labute approximate surface area is 82.1 Å². The van der Waals surface area contributed by atoms with Gasteiger partial charge in [0.1, 0.15) is 5.75 Å². The molecule has 14 heavy (non-hydrogen) atoms. The average Bonchev–Trinajstić information content (AvgIpc) is 2.52. The van der Waals surface area contributed by atoms with Crippen LogP contribution in [0.25, 0.3) is 0 Å². The van der Waals surface area contributed by atoms with E-state index in [-0.39, 0.29) is 11.8 Å². The summed E-state index contributed by atoms with van der Waals surface area (Å²) in [5.41, 5.74) is 7.23. The summed E-state index contributed by atoms with van der Waals surface area (Å²) in [6.45, 7) is 0.305. The van der Waals surface area contributed by atoms with Gasteiger partial charge in [-0.25, -0.2) is 0 Å². The zero-order valence-corrected chi connectivity index (χ0v) is 7.91. The van der Waals surface area contributed by atoms with Crippen LogP contribution in [0.5, 0.6) is 5.75 Å². The molecule has 1 aromatic rings. The fourth-order valence-electron chi connectivity index (χ4n) is 1.77. The number of nitrogens with two attached hydrogens (primary N) is 1. The van der Waals surface area contributed by atoms with E-state index in [1.807, 2.05) is 18.2 Å². The highest BCUT2D eigenvalue weighted by atomic mass is 16.5. The molecule has 4 heteroatoms. The minimum Gasteiger partial charge on any atom is -0.496 e. The SMILES string of the molecule is COc1cccc2c1C(CN)C(=O)N2. The number of hydrogen-bond acceptors (Lipinski definition) is 3. The molecule has 0 radical (unpaired) electrons. The molecule has 0 saturated carbocycles. The zero-order valence-electron chi connectivity index (χ0n) is 7.91. The van der Waals surface area contributed by atoms with Gasteiger partial charge in [-0.1, -0.05) is 6.07 Å². The van der Waals surface area contributed by atoms with Crippen molar-refractivity contribution in [2.75, 3.05) is 19.0 Å². The maximum atomic E-state index is 11.5. The van der Waals surface area contributed by atoms with Crippen molar-refractivity contribution in [3.05, 3.63) is 23.8 Å². The summed E-state index contributed by atoms with van der Waals surface area (Å²) in [6, 6.07) is 5.53. The van der Waals surface area contributed by atoms with Gasteiger partial charge < -0.3 is 15.8 Å². The predicted octanol–water partition coefficient (Wildman–Crippen LogP) is 0.690. The van der Waals surface area contributed by atoms with E-state index in [0.29, 0.717) is 6.54 Å². The summed E-state index contributed by atoms with van der Waals surface area (Å²) in [5.74, 6) is 0.393. The van der Waals surface area contributed by atoms with Crippen LogP contribution in [0.4, 0.5) is 5.69 Å². The van der Waals surface area contributed by atoms with E-state index in [2.05, 4.69) is 5.32 Å². The summed E-state index contributed by atoms with van der Waals surface area (Å²) in [7, 11) is 1.59. The lowest BCUT2D eigenvalue weighted by Gasteiger charge is -2.09. The fourth-order valence-corrected chi connectivity index (χ4v) is 1.77. The molecule has 1 atom stereocenters. The lowest BCUT2D eigenvalue weighted by atomic mass is 10.00. The Morgan fingerprint density at radius 2 is 2.36 bits per heavy atom. The maximum absolute atomic E-state index is 11.5. The van der Waals surface area contributed by atoms with Gasteiger partial charge in [0, 0.05) is 17.8 Å². The molecular formula is C10H12N2O2. The van der Waals surface area contributed by atoms with Gasteiger partial charge in [-0.3, -0.25) is 4.79 Å². The second kappa shape index (κ2) is 3.31. The number of rotatable bonds is 2. The summed E-state index contributed by atoms with van der Waals surface area (Å²) in [6.07, 6.45) is 0. The molecule has 1 heterocycles. The topological polar surface area (TPSA) is 64.3 Å². The molecule has 1 aromatic carbocycles. The smallest absolute Gasteiger partial charge is 0.233 e. The molecule has 0 aliphatic carbocycles. The van der Waals surface area contributed by atoms with Crippen LogP contribution in [0, 0.1) is 0 Å². The molecule has 0 saturated heterocycles. The van der Waals surface area contributed by atoms with Crippen molar-refractivity contribution >= 4 is 11.6 Å². The lowest BCUT2D eigenvalue weighted by molar-refractivity contribution is -0.116. The number of fused-ring (bicyclic) bond motifs is 1. The van der Waals surface area contributed by atoms with Crippen molar-refractivity contribution in [3.63, 3.8) is 0 Å². The highest BCUT2D eigenvalue weighted by Crippen LogP contribution is 2.38. The largest absolute Gasteiger partial charge is 0.496 e. The minimum absolute atomic E-state index is 0.0491. The number of hydrogen-bond donors (Lipinski definition) is 2. The third-order valence-electron chi connectivity index (χ3n) is 2.44. The Balaban J connectivity index is 2.53. The molecule has 1 amide bonds.